The second-order valence-corrected chi connectivity index (χ2v) is 7.69. The van der Waals surface area contributed by atoms with Crippen LogP contribution in [0.15, 0.2) is 24.5 Å². The monoisotopic (exact) mass is 354 g/mol. The molecule has 1 aromatic carbocycles. The zero-order valence-electron chi connectivity index (χ0n) is 15.5. The first-order valence-electron chi connectivity index (χ1n) is 9.59. The largest absolute Gasteiger partial charge is 0.339 e. The summed E-state index contributed by atoms with van der Waals surface area (Å²) >= 11 is 0. The van der Waals surface area contributed by atoms with Gasteiger partial charge in [-0.15, -0.1) is 0 Å². The number of carbonyl (C=O) groups is 2. The van der Waals surface area contributed by atoms with Crippen molar-refractivity contribution in [2.24, 2.45) is 5.92 Å². The van der Waals surface area contributed by atoms with E-state index in [1.807, 2.05) is 34.3 Å². The minimum absolute atomic E-state index is 0.0294. The summed E-state index contributed by atoms with van der Waals surface area (Å²) in [7, 11) is 0. The van der Waals surface area contributed by atoms with Crippen molar-refractivity contribution in [3.05, 3.63) is 30.1 Å². The Morgan fingerprint density at radius 3 is 2.38 bits per heavy atom. The van der Waals surface area contributed by atoms with Crippen LogP contribution in [0.3, 0.4) is 0 Å². The summed E-state index contributed by atoms with van der Waals surface area (Å²) < 4.78 is 2.11. The summed E-state index contributed by atoms with van der Waals surface area (Å²) in [4.78, 5) is 33.4. The lowest BCUT2D eigenvalue weighted by atomic mass is 9.84. The number of fused-ring (bicyclic) bond motifs is 1. The summed E-state index contributed by atoms with van der Waals surface area (Å²) in [5.74, 6) is 0.543. The van der Waals surface area contributed by atoms with Gasteiger partial charge >= 0.3 is 0 Å². The van der Waals surface area contributed by atoms with Gasteiger partial charge in [-0.05, 0) is 44.9 Å². The Balaban J connectivity index is 1.43. The molecular weight excluding hydrogens is 328 g/mol. The number of nitrogens with zero attached hydrogens (tertiary/aromatic N) is 4. The van der Waals surface area contributed by atoms with Gasteiger partial charge in [0.25, 0.3) is 5.91 Å². The smallest absolute Gasteiger partial charge is 0.254 e. The van der Waals surface area contributed by atoms with Gasteiger partial charge in [0.05, 0.1) is 17.4 Å². The Kier molecular flexibility index (Phi) is 4.42. The number of carbonyl (C=O) groups excluding carboxylic acids is 2. The van der Waals surface area contributed by atoms with Gasteiger partial charge in [-0.1, -0.05) is 6.42 Å². The van der Waals surface area contributed by atoms with Gasteiger partial charge in [-0.2, -0.15) is 0 Å². The lowest BCUT2D eigenvalue weighted by Crippen LogP contribution is -2.52. The molecule has 1 aliphatic heterocycles. The molecule has 0 N–H and O–H groups in total. The molecule has 6 nitrogen and oxygen atoms in total. The molecule has 0 radical (unpaired) electrons. The minimum Gasteiger partial charge on any atom is -0.339 e. The van der Waals surface area contributed by atoms with Gasteiger partial charge in [-0.3, -0.25) is 9.59 Å². The SMILES string of the molecule is CC(C)n1cnc2cc(C(=O)N3CCN(C(=O)C4CCC4)CC3)ccc21. The van der Waals surface area contributed by atoms with E-state index in [2.05, 4.69) is 23.4 Å². The van der Waals surface area contributed by atoms with Crippen molar-refractivity contribution in [3.63, 3.8) is 0 Å². The first-order chi connectivity index (χ1) is 12.5. The Bertz CT molecular complexity index is 829. The quantitative estimate of drug-likeness (QED) is 0.851. The molecule has 1 aliphatic carbocycles. The third-order valence-electron chi connectivity index (χ3n) is 5.71. The molecule has 26 heavy (non-hydrogen) atoms. The highest BCUT2D eigenvalue weighted by Crippen LogP contribution is 2.28. The van der Waals surface area contributed by atoms with Crippen LogP contribution in [0, 0.1) is 5.92 Å². The zero-order valence-corrected chi connectivity index (χ0v) is 15.5. The molecule has 2 heterocycles. The van der Waals surface area contributed by atoms with Crippen molar-refractivity contribution in [2.45, 2.75) is 39.2 Å². The van der Waals surface area contributed by atoms with Crippen LogP contribution in [0.4, 0.5) is 0 Å². The lowest BCUT2D eigenvalue weighted by Gasteiger charge is -2.38. The summed E-state index contributed by atoms with van der Waals surface area (Å²) in [6.45, 7) is 6.73. The fraction of sp³-hybridized carbons (Fsp3) is 0.550. The predicted molar refractivity (Wildman–Crippen MR) is 99.9 cm³/mol. The third kappa shape index (κ3) is 2.97. The van der Waals surface area contributed by atoms with Crippen molar-refractivity contribution in [3.8, 4) is 0 Å². The van der Waals surface area contributed by atoms with Crippen LogP contribution >= 0.6 is 0 Å². The maximum Gasteiger partial charge on any atom is 0.254 e. The molecule has 1 aromatic heterocycles. The van der Waals surface area contributed by atoms with E-state index in [1.54, 1.807) is 0 Å². The molecule has 0 unspecified atom stereocenters. The van der Waals surface area contributed by atoms with Gasteiger partial charge in [0.15, 0.2) is 0 Å². The van der Waals surface area contributed by atoms with Gasteiger partial charge in [-0.25, -0.2) is 4.98 Å². The molecule has 2 amide bonds. The standard InChI is InChI=1S/C20H26N4O2/c1-14(2)24-13-21-17-12-16(6-7-18(17)24)20(26)23-10-8-22(9-11-23)19(25)15-4-3-5-15/h6-7,12-15H,3-5,8-11H2,1-2H3. The molecule has 1 saturated carbocycles. The zero-order chi connectivity index (χ0) is 18.3. The van der Waals surface area contributed by atoms with Crippen LogP contribution in [0.25, 0.3) is 11.0 Å². The van der Waals surface area contributed by atoms with E-state index in [9.17, 15) is 9.59 Å². The summed E-state index contributed by atoms with van der Waals surface area (Å²) in [6, 6.07) is 6.08. The number of imidazole rings is 1. The van der Waals surface area contributed by atoms with Crippen LogP contribution in [-0.2, 0) is 4.79 Å². The fourth-order valence-corrected chi connectivity index (χ4v) is 3.80. The molecule has 0 atom stereocenters. The van der Waals surface area contributed by atoms with Gasteiger partial charge in [0.2, 0.25) is 5.91 Å². The molecule has 2 aliphatic rings. The van der Waals surface area contributed by atoms with Crippen molar-refractivity contribution in [1.29, 1.82) is 0 Å². The fourth-order valence-electron chi connectivity index (χ4n) is 3.80. The van der Waals surface area contributed by atoms with E-state index in [0.717, 1.165) is 23.9 Å². The number of benzene rings is 1. The van der Waals surface area contributed by atoms with E-state index in [-0.39, 0.29) is 17.7 Å². The summed E-state index contributed by atoms with van der Waals surface area (Å²) in [6.07, 6.45) is 5.06. The molecular formula is C20H26N4O2. The van der Waals surface area contributed by atoms with E-state index in [1.165, 1.54) is 6.42 Å². The van der Waals surface area contributed by atoms with Gasteiger partial charge < -0.3 is 14.4 Å². The van der Waals surface area contributed by atoms with Gasteiger partial charge in [0.1, 0.15) is 0 Å². The first kappa shape index (κ1) is 17.1. The highest BCUT2D eigenvalue weighted by molar-refractivity contribution is 5.97. The van der Waals surface area contributed by atoms with Crippen molar-refractivity contribution >= 4 is 22.8 Å². The average Bonchev–Trinajstić information content (AvgIpc) is 3.03. The Morgan fingerprint density at radius 2 is 1.77 bits per heavy atom. The van der Waals surface area contributed by atoms with E-state index in [0.29, 0.717) is 37.8 Å². The molecule has 6 heteroatoms. The number of hydrogen-bond donors (Lipinski definition) is 0. The maximum atomic E-state index is 12.8. The first-order valence-corrected chi connectivity index (χ1v) is 9.59. The van der Waals surface area contributed by atoms with E-state index in [4.69, 9.17) is 0 Å². The van der Waals surface area contributed by atoms with Crippen LogP contribution < -0.4 is 0 Å². The Labute approximate surface area is 153 Å². The van der Waals surface area contributed by atoms with Crippen LogP contribution in [0.1, 0.15) is 49.5 Å². The molecule has 2 aromatic rings. The molecule has 0 spiro atoms. The summed E-state index contributed by atoms with van der Waals surface area (Å²) in [5, 5.41) is 0. The number of piperazine rings is 1. The minimum atomic E-state index is 0.0294. The Hall–Kier alpha value is -2.37. The summed E-state index contributed by atoms with van der Waals surface area (Å²) in [5.41, 5.74) is 2.57. The maximum absolute atomic E-state index is 12.8. The van der Waals surface area contributed by atoms with Crippen LogP contribution in [-0.4, -0.2) is 57.3 Å². The number of hydrogen-bond acceptors (Lipinski definition) is 3. The average molecular weight is 354 g/mol. The number of aromatic nitrogens is 2. The van der Waals surface area contributed by atoms with Crippen LogP contribution in [0.2, 0.25) is 0 Å². The van der Waals surface area contributed by atoms with Crippen LogP contribution in [0.5, 0.6) is 0 Å². The third-order valence-corrected chi connectivity index (χ3v) is 5.71. The van der Waals surface area contributed by atoms with Crippen molar-refractivity contribution in [2.75, 3.05) is 26.2 Å². The number of rotatable bonds is 3. The van der Waals surface area contributed by atoms with E-state index >= 15 is 0 Å². The molecule has 138 valence electrons. The highest BCUT2D eigenvalue weighted by Gasteiger charge is 2.32. The lowest BCUT2D eigenvalue weighted by molar-refractivity contribution is -0.139. The topological polar surface area (TPSA) is 58.4 Å². The second-order valence-electron chi connectivity index (χ2n) is 7.69. The predicted octanol–water partition coefficient (Wildman–Crippen LogP) is 2.70. The number of amides is 2. The second kappa shape index (κ2) is 6.74. The highest BCUT2D eigenvalue weighted by atomic mass is 16.2. The molecule has 4 rings (SSSR count). The van der Waals surface area contributed by atoms with Gasteiger partial charge in [0, 0.05) is 43.7 Å². The Morgan fingerprint density at radius 1 is 1.08 bits per heavy atom. The normalized spacial score (nSPS) is 18.4. The van der Waals surface area contributed by atoms with Crippen molar-refractivity contribution < 1.29 is 9.59 Å². The molecule has 2 fully saturated rings. The molecule has 0 bridgehead atoms. The van der Waals surface area contributed by atoms with E-state index < -0.39 is 0 Å². The molecule has 1 saturated heterocycles. The van der Waals surface area contributed by atoms with Crippen molar-refractivity contribution in [1.82, 2.24) is 19.4 Å².